The van der Waals surface area contributed by atoms with E-state index in [0.29, 0.717) is 6.61 Å². The molecular weight excluding hydrogens is 260 g/mol. The maximum Gasteiger partial charge on any atom is 0.144 e. The van der Waals surface area contributed by atoms with Crippen LogP contribution in [0.15, 0.2) is 79.0 Å². The van der Waals surface area contributed by atoms with Gasteiger partial charge >= 0.3 is 0 Å². The van der Waals surface area contributed by atoms with E-state index in [9.17, 15) is 0 Å². The molecule has 0 spiro atoms. The molecule has 0 saturated carbocycles. The summed E-state index contributed by atoms with van der Waals surface area (Å²) in [5, 5.41) is 0. The maximum absolute atomic E-state index is 6.28. The Labute approximate surface area is 125 Å². The summed E-state index contributed by atoms with van der Waals surface area (Å²) in [5.74, 6) is 0. The van der Waals surface area contributed by atoms with Gasteiger partial charge in [0.15, 0.2) is 0 Å². The van der Waals surface area contributed by atoms with Crippen LogP contribution in [0.3, 0.4) is 0 Å². The van der Waals surface area contributed by atoms with Crippen LogP contribution in [0.5, 0.6) is 0 Å². The molecule has 2 nitrogen and oxygen atoms in total. The first kappa shape index (κ1) is 13.8. The molecule has 1 aliphatic heterocycles. The molecule has 1 atom stereocenters. The quantitative estimate of drug-likeness (QED) is 0.594. The summed E-state index contributed by atoms with van der Waals surface area (Å²) in [6.07, 6.45) is 2.09. The average Bonchev–Trinajstić information content (AvgIpc) is 3.38. The van der Waals surface area contributed by atoms with Crippen molar-refractivity contribution in [3.63, 3.8) is 0 Å². The Bertz CT molecular complexity index is 584. The van der Waals surface area contributed by atoms with E-state index >= 15 is 0 Å². The van der Waals surface area contributed by atoms with Crippen molar-refractivity contribution in [2.24, 2.45) is 0 Å². The number of rotatable bonds is 6. The summed E-state index contributed by atoms with van der Waals surface area (Å²) in [7, 11) is 0. The van der Waals surface area contributed by atoms with Gasteiger partial charge in [0.05, 0.1) is 13.2 Å². The van der Waals surface area contributed by atoms with Crippen LogP contribution in [0.2, 0.25) is 0 Å². The average molecular weight is 278 g/mol. The molecular formula is C19H18O2. The zero-order chi connectivity index (χ0) is 14.5. The molecule has 0 amide bonds. The Hall–Kier alpha value is -2.12. The van der Waals surface area contributed by atoms with Crippen LogP contribution < -0.4 is 0 Å². The summed E-state index contributed by atoms with van der Waals surface area (Å²) in [6.45, 7) is 5.08. The molecule has 1 unspecified atom stereocenters. The van der Waals surface area contributed by atoms with E-state index in [1.165, 1.54) is 0 Å². The summed E-state index contributed by atoms with van der Waals surface area (Å²) in [4.78, 5) is 0. The highest BCUT2D eigenvalue weighted by Crippen LogP contribution is 2.35. The molecule has 0 radical (unpaired) electrons. The molecule has 1 saturated heterocycles. The van der Waals surface area contributed by atoms with Crippen molar-refractivity contribution in [3.8, 4) is 0 Å². The van der Waals surface area contributed by atoms with Crippen LogP contribution in [0, 0.1) is 0 Å². The van der Waals surface area contributed by atoms with Gasteiger partial charge in [-0.2, -0.15) is 0 Å². The normalized spacial score (nSPS) is 17.0. The van der Waals surface area contributed by atoms with Crippen molar-refractivity contribution in [1.82, 2.24) is 0 Å². The standard InChI is InChI=1S/C19H18O2/c1-2-13-19(21-15-18-14-20-18,16-9-5-3-6-10-16)17-11-7-4-8-12-17/h3-13,18H,1,14-15H2. The molecule has 0 aromatic heterocycles. The number of benzene rings is 2. The van der Waals surface area contributed by atoms with E-state index in [2.05, 4.69) is 36.6 Å². The molecule has 1 heterocycles. The first-order chi connectivity index (χ1) is 10.3. The van der Waals surface area contributed by atoms with Crippen molar-refractivity contribution >= 4 is 0 Å². The lowest BCUT2D eigenvalue weighted by Gasteiger charge is -2.31. The molecule has 0 aliphatic carbocycles. The minimum absolute atomic E-state index is 0.204. The lowest BCUT2D eigenvalue weighted by molar-refractivity contribution is 0.0100. The van der Waals surface area contributed by atoms with Gasteiger partial charge in [-0.1, -0.05) is 67.2 Å². The third-order valence-corrected chi connectivity index (χ3v) is 3.61. The van der Waals surface area contributed by atoms with Gasteiger partial charge in [0.1, 0.15) is 11.7 Å². The van der Waals surface area contributed by atoms with Gasteiger partial charge in [0, 0.05) is 0 Å². The van der Waals surface area contributed by atoms with Gasteiger partial charge in [-0.3, -0.25) is 0 Å². The maximum atomic E-state index is 6.28. The zero-order valence-electron chi connectivity index (χ0n) is 11.9. The fourth-order valence-electron chi connectivity index (χ4n) is 2.45. The van der Waals surface area contributed by atoms with Crippen molar-refractivity contribution in [1.29, 1.82) is 0 Å². The van der Waals surface area contributed by atoms with Crippen LogP contribution in [0.1, 0.15) is 11.1 Å². The van der Waals surface area contributed by atoms with Crippen molar-refractivity contribution < 1.29 is 9.47 Å². The Morgan fingerprint density at radius 1 is 1.10 bits per heavy atom. The van der Waals surface area contributed by atoms with Gasteiger partial charge in [-0.25, -0.2) is 0 Å². The fraction of sp³-hybridized carbons (Fsp3) is 0.211. The zero-order valence-corrected chi connectivity index (χ0v) is 11.9. The SMILES string of the molecule is C=C=CC(OCC1CO1)(c1ccccc1)c1ccccc1. The van der Waals surface area contributed by atoms with Crippen LogP contribution in [0.4, 0.5) is 0 Å². The van der Waals surface area contributed by atoms with E-state index in [4.69, 9.17) is 9.47 Å². The van der Waals surface area contributed by atoms with Crippen molar-refractivity contribution in [2.75, 3.05) is 13.2 Å². The second kappa shape index (κ2) is 6.11. The molecule has 3 rings (SSSR count). The fourth-order valence-corrected chi connectivity index (χ4v) is 2.45. The highest BCUT2D eigenvalue weighted by molar-refractivity contribution is 5.41. The minimum atomic E-state index is -0.670. The van der Waals surface area contributed by atoms with E-state index in [1.54, 1.807) is 0 Å². The third kappa shape index (κ3) is 2.98. The number of hydrogen-bond acceptors (Lipinski definition) is 2. The molecule has 106 valence electrons. The highest BCUT2D eigenvalue weighted by Gasteiger charge is 2.35. The number of ether oxygens (including phenoxy) is 2. The number of epoxide rings is 1. The Morgan fingerprint density at radius 3 is 2.05 bits per heavy atom. The Morgan fingerprint density at radius 2 is 1.62 bits per heavy atom. The van der Waals surface area contributed by atoms with E-state index in [0.717, 1.165) is 17.7 Å². The largest absolute Gasteiger partial charge is 0.371 e. The Balaban J connectivity index is 2.07. The molecule has 0 N–H and O–H groups in total. The minimum Gasteiger partial charge on any atom is -0.371 e. The van der Waals surface area contributed by atoms with Crippen molar-refractivity contribution in [3.05, 3.63) is 90.2 Å². The molecule has 2 aromatic carbocycles. The van der Waals surface area contributed by atoms with Crippen molar-refractivity contribution in [2.45, 2.75) is 11.7 Å². The second-order valence-electron chi connectivity index (χ2n) is 5.08. The molecule has 0 bridgehead atoms. The smallest absolute Gasteiger partial charge is 0.144 e. The molecule has 2 aromatic rings. The summed E-state index contributed by atoms with van der Waals surface area (Å²) in [6, 6.07) is 20.3. The number of hydrogen-bond donors (Lipinski definition) is 0. The first-order valence-electron chi connectivity index (χ1n) is 7.09. The van der Waals surface area contributed by atoms with E-state index < -0.39 is 5.60 Å². The monoisotopic (exact) mass is 278 g/mol. The van der Waals surface area contributed by atoms with Crippen LogP contribution in [-0.2, 0) is 15.1 Å². The summed E-state index contributed by atoms with van der Waals surface area (Å²) >= 11 is 0. The first-order valence-corrected chi connectivity index (χ1v) is 7.09. The molecule has 21 heavy (non-hydrogen) atoms. The van der Waals surface area contributed by atoms with Crippen LogP contribution >= 0.6 is 0 Å². The third-order valence-electron chi connectivity index (χ3n) is 3.61. The lowest BCUT2D eigenvalue weighted by Crippen LogP contribution is -2.30. The van der Waals surface area contributed by atoms with E-state index in [1.807, 2.05) is 42.5 Å². The van der Waals surface area contributed by atoms with Crippen LogP contribution in [-0.4, -0.2) is 19.3 Å². The topological polar surface area (TPSA) is 21.8 Å². The summed E-state index contributed by atoms with van der Waals surface area (Å²) < 4.78 is 11.6. The van der Waals surface area contributed by atoms with Crippen LogP contribution in [0.25, 0.3) is 0 Å². The van der Waals surface area contributed by atoms with Gasteiger partial charge in [-0.05, 0) is 17.2 Å². The van der Waals surface area contributed by atoms with Gasteiger partial charge < -0.3 is 9.47 Å². The molecule has 1 aliphatic rings. The van der Waals surface area contributed by atoms with Gasteiger partial charge in [0.25, 0.3) is 0 Å². The predicted octanol–water partition coefficient (Wildman–Crippen LogP) is 3.69. The van der Waals surface area contributed by atoms with Gasteiger partial charge in [-0.15, -0.1) is 5.73 Å². The highest BCUT2D eigenvalue weighted by atomic mass is 16.6. The summed E-state index contributed by atoms with van der Waals surface area (Å²) in [5.41, 5.74) is 4.36. The lowest BCUT2D eigenvalue weighted by atomic mass is 9.86. The van der Waals surface area contributed by atoms with Gasteiger partial charge in [0.2, 0.25) is 0 Å². The molecule has 1 fully saturated rings. The predicted molar refractivity (Wildman–Crippen MR) is 83.1 cm³/mol. The van der Waals surface area contributed by atoms with E-state index in [-0.39, 0.29) is 6.10 Å². The Kier molecular flexibility index (Phi) is 4.03. The second-order valence-corrected chi connectivity index (χ2v) is 5.08. The molecule has 2 heteroatoms.